The number of ketones is 1. The number of rotatable bonds is 4. The highest BCUT2D eigenvalue weighted by Gasteiger charge is 2.19. The molecule has 1 aliphatic heterocycles. The normalized spacial score (nSPS) is 16.1. The van der Waals surface area contributed by atoms with Gasteiger partial charge in [-0.25, -0.2) is 0 Å². The molecule has 0 atom stereocenters. The second-order valence-corrected chi connectivity index (χ2v) is 5.16. The first kappa shape index (κ1) is 14.5. The van der Waals surface area contributed by atoms with Crippen molar-refractivity contribution in [2.45, 2.75) is 12.8 Å². The summed E-state index contributed by atoms with van der Waals surface area (Å²) in [6.45, 7) is 3.23. The standard InChI is InChI=1S/C15H20N2O3/c1-16-7-9-17(10-8-16)15(20)6-5-14(19)12-3-2-4-13(18)11-12/h2-4,11,18H,5-10H2,1H3. The van der Waals surface area contributed by atoms with Crippen molar-refractivity contribution >= 4 is 11.7 Å². The lowest BCUT2D eigenvalue weighted by Gasteiger charge is -2.32. The van der Waals surface area contributed by atoms with E-state index in [2.05, 4.69) is 4.90 Å². The number of likely N-dealkylation sites (N-methyl/N-ethyl adjacent to an activating group) is 1. The minimum Gasteiger partial charge on any atom is -0.508 e. The third-order valence-electron chi connectivity index (χ3n) is 3.59. The van der Waals surface area contributed by atoms with E-state index in [9.17, 15) is 14.7 Å². The fourth-order valence-electron chi connectivity index (χ4n) is 2.26. The molecule has 1 saturated heterocycles. The lowest BCUT2D eigenvalue weighted by molar-refractivity contribution is -0.132. The molecular weight excluding hydrogens is 256 g/mol. The van der Waals surface area contributed by atoms with Crippen molar-refractivity contribution in [3.8, 4) is 5.75 Å². The SMILES string of the molecule is CN1CCN(C(=O)CCC(=O)c2cccc(O)c2)CC1. The van der Waals surface area contributed by atoms with Gasteiger partial charge in [-0.15, -0.1) is 0 Å². The minimum absolute atomic E-state index is 0.0339. The highest BCUT2D eigenvalue weighted by atomic mass is 16.3. The first-order valence-electron chi connectivity index (χ1n) is 6.85. The zero-order valence-corrected chi connectivity index (χ0v) is 11.7. The van der Waals surface area contributed by atoms with Gasteiger partial charge in [0.15, 0.2) is 5.78 Å². The Morgan fingerprint density at radius 2 is 1.85 bits per heavy atom. The lowest BCUT2D eigenvalue weighted by Crippen LogP contribution is -2.47. The van der Waals surface area contributed by atoms with Crippen molar-refractivity contribution in [2.24, 2.45) is 0 Å². The Labute approximate surface area is 118 Å². The molecule has 1 aromatic rings. The van der Waals surface area contributed by atoms with E-state index in [1.807, 2.05) is 11.9 Å². The summed E-state index contributed by atoms with van der Waals surface area (Å²) in [7, 11) is 2.03. The molecular formula is C15H20N2O3. The molecule has 0 bridgehead atoms. The first-order valence-corrected chi connectivity index (χ1v) is 6.85. The van der Waals surface area contributed by atoms with E-state index in [0.717, 1.165) is 26.2 Å². The Balaban J connectivity index is 1.82. The predicted octanol–water partition coefficient (Wildman–Crippen LogP) is 1.13. The molecule has 1 N–H and O–H groups in total. The number of amides is 1. The first-order chi connectivity index (χ1) is 9.56. The molecule has 5 nitrogen and oxygen atoms in total. The van der Waals surface area contributed by atoms with Gasteiger partial charge in [0, 0.05) is 44.6 Å². The van der Waals surface area contributed by atoms with E-state index in [1.165, 1.54) is 12.1 Å². The van der Waals surface area contributed by atoms with Crippen LogP contribution in [0.2, 0.25) is 0 Å². The smallest absolute Gasteiger partial charge is 0.223 e. The summed E-state index contributed by atoms with van der Waals surface area (Å²) in [5.74, 6) is -0.00350. The number of Topliss-reactive ketones (excluding diaryl/α,β-unsaturated/α-hetero) is 1. The molecule has 0 spiro atoms. The summed E-state index contributed by atoms with van der Waals surface area (Å²) in [6, 6.07) is 6.24. The maximum atomic E-state index is 12.0. The molecule has 20 heavy (non-hydrogen) atoms. The van der Waals surface area contributed by atoms with Crippen LogP contribution in [0.3, 0.4) is 0 Å². The van der Waals surface area contributed by atoms with E-state index in [-0.39, 0.29) is 30.3 Å². The molecule has 1 heterocycles. The summed E-state index contributed by atoms with van der Waals surface area (Å²) < 4.78 is 0. The Bertz CT molecular complexity index is 494. The van der Waals surface area contributed by atoms with Crippen LogP contribution in [-0.4, -0.2) is 59.8 Å². The maximum Gasteiger partial charge on any atom is 0.223 e. The van der Waals surface area contributed by atoms with Crippen LogP contribution in [-0.2, 0) is 4.79 Å². The van der Waals surface area contributed by atoms with E-state index in [0.29, 0.717) is 5.56 Å². The summed E-state index contributed by atoms with van der Waals surface area (Å²) in [5, 5.41) is 9.34. The molecule has 1 aliphatic rings. The van der Waals surface area contributed by atoms with Gasteiger partial charge in [-0.1, -0.05) is 12.1 Å². The largest absolute Gasteiger partial charge is 0.508 e. The Morgan fingerprint density at radius 1 is 1.15 bits per heavy atom. The molecule has 0 saturated carbocycles. The van der Waals surface area contributed by atoms with Gasteiger partial charge >= 0.3 is 0 Å². The van der Waals surface area contributed by atoms with Crippen molar-refractivity contribution in [3.05, 3.63) is 29.8 Å². The second kappa shape index (κ2) is 6.52. The van der Waals surface area contributed by atoms with Crippen LogP contribution in [0.4, 0.5) is 0 Å². The minimum atomic E-state index is -0.108. The Hall–Kier alpha value is -1.88. The summed E-state index contributed by atoms with van der Waals surface area (Å²) in [5.41, 5.74) is 0.455. The highest BCUT2D eigenvalue weighted by Crippen LogP contribution is 2.14. The summed E-state index contributed by atoms with van der Waals surface area (Å²) in [6.07, 6.45) is 0.423. The third-order valence-corrected chi connectivity index (χ3v) is 3.59. The zero-order valence-electron chi connectivity index (χ0n) is 11.7. The van der Waals surface area contributed by atoms with Crippen molar-refractivity contribution in [2.75, 3.05) is 33.2 Å². The molecule has 0 radical (unpaired) electrons. The summed E-state index contributed by atoms with van der Waals surface area (Å²) in [4.78, 5) is 28.0. The van der Waals surface area contributed by atoms with Crippen LogP contribution in [0.15, 0.2) is 24.3 Å². The van der Waals surface area contributed by atoms with Crippen LogP contribution in [0, 0.1) is 0 Å². The number of phenolic OH excluding ortho intramolecular Hbond substituents is 1. The molecule has 0 unspecified atom stereocenters. The van der Waals surface area contributed by atoms with Crippen LogP contribution in [0.25, 0.3) is 0 Å². The number of phenols is 1. The molecule has 108 valence electrons. The molecule has 2 rings (SSSR count). The van der Waals surface area contributed by atoms with E-state index in [4.69, 9.17) is 0 Å². The van der Waals surface area contributed by atoms with Crippen molar-refractivity contribution in [1.29, 1.82) is 0 Å². The van der Waals surface area contributed by atoms with Gasteiger partial charge in [0.25, 0.3) is 0 Å². The van der Waals surface area contributed by atoms with Crippen molar-refractivity contribution < 1.29 is 14.7 Å². The highest BCUT2D eigenvalue weighted by molar-refractivity contribution is 5.98. The Morgan fingerprint density at radius 3 is 2.50 bits per heavy atom. The van der Waals surface area contributed by atoms with Gasteiger partial charge in [-0.3, -0.25) is 9.59 Å². The second-order valence-electron chi connectivity index (χ2n) is 5.16. The number of nitrogens with zero attached hydrogens (tertiary/aromatic N) is 2. The molecule has 1 fully saturated rings. The van der Waals surface area contributed by atoms with Crippen molar-refractivity contribution in [1.82, 2.24) is 9.80 Å². The molecule has 0 aliphatic carbocycles. The zero-order chi connectivity index (χ0) is 14.5. The Kier molecular flexibility index (Phi) is 4.74. The molecule has 1 aromatic carbocycles. The average molecular weight is 276 g/mol. The van der Waals surface area contributed by atoms with Gasteiger partial charge in [0.2, 0.25) is 5.91 Å². The fourth-order valence-corrected chi connectivity index (χ4v) is 2.26. The van der Waals surface area contributed by atoms with Gasteiger partial charge in [0.05, 0.1) is 0 Å². The van der Waals surface area contributed by atoms with Crippen LogP contribution >= 0.6 is 0 Å². The number of benzene rings is 1. The molecule has 0 aromatic heterocycles. The monoisotopic (exact) mass is 276 g/mol. The average Bonchev–Trinajstić information content (AvgIpc) is 2.45. The fraction of sp³-hybridized carbons (Fsp3) is 0.467. The number of carbonyl (C=O) groups is 2. The van der Waals surface area contributed by atoms with Crippen LogP contribution in [0.5, 0.6) is 5.75 Å². The van der Waals surface area contributed by atoms with Gasteiger partial charge in [0.1, 0.15) is 5.75 Å². The third kappa shape index (κ3) is 3.81. The maximum absolute atomic E-state index is 12.0. The van der Waals surface area contributed by atoms with E-state index < -0.39 is 0 Å². The predicted molar refractivity (Wildman–Crippen MR) is 75.7 cm³/mol. The van der Waals surface area contributed by atoms with E-state index in [1.54, 1.807) is 12.1 Å². The van der Waals surface area contributed by atoms with Gasteiger partial charge < -0.3 is 14.9 Å². The van der Waals surface area contributed by atoms with Crippen LogP contribution < -0.4 is 0 Å². The molecule has 5 heteroatoms. The van der Waals surface area contributed by atoms with Gasteiger partial charge in [-0.2, -0.15) is 0 Å². The number of hydrogen-bond donors (Lipinski definition) is 1. The molecule has 1 amide bonds. The number of aromatic hydroxyl groups is 1. The number of carbonyl (C=O) groups excluding carboxylic acids is 2. The van der Waals surface area contributed by atoms with E-state index >= 15 is 0 Å². The lowest BCUT2D eigenvalue weighted by atomic mass is 10.1. The number of piperazine rings is 1. The summed E-state index contributed by atoms with van der Waals surface area (Å²) >= 11 is 0. The quantitative estimate of drug-likeness (QED) is 0.837. The number of hydrogen-bond acceptors (Lipinski definition) is 4. The van der Waals surface area contributed by atoms with Crippen molar-refractivity contribution in [3.63, 3.8) is 0 Å². The van der Waals surface area contributed by atoms with Gasteiger partial charge in [-0.05, 0) is 19.2 Å². The topological polar surface area (TPSA) is 60.9 Å². The van der Waals surface area contributed by atoms with Crippen LogP contribution in [0.1, 0.15) is 23.2 Å².